The zero-order chi connectivity index (χ0) is 12.5. The maximum absolute atomic E-state index is 10.7. The molecule has 2 fully saturated rings. The van der Waals surface area contributed by atoms with Gasteiger partial charge in [-0.15, -0.1) is 12.4 Å². The molecule has 5 nitrogen and oxygen atoms in total. The molecule has 0 saturated carbocycles. The summed E-state index contributed by atoms with van der Waals surface area (Å²) >= 11 is 0. The number of hydrogen-bond donors (Lipinski definition) is 1. The van der Waals surface area contributed by atoms with Crippen molar-refractivity contribution in [2.75, 3.05) is 26.2 Å². The molecule has 1 aromatic rings. The van der Waals surface area contributed by atoms with E-state index in [9.17, 15) is 10.1 Å². The van der Waals surface area contributed by atoms with Gasteiger partial charge in [-0.25, -0.2) is 0 Å². The third-order valence-electron chi connectivity index (χ3n) is 3.99. The predicted octanol–water partition coefficient (Wildman–Crippen LogP) is 1.67. The summed E-state index contributed by atoms with van der Waals surface area (Å²) in [6.07, 6.45) is 0. The highest BCUT2D eigenvalue weighted by Gasteiger charge is 2.35. The van der Waals surface area contributed by atoms with Gasteiger partial charge in [-0.2, -0.15) is 0 Å². The van der Waals surface area contributed by atoms with Crippen molar-refractivity contribution in [2.24, 2.45) is 11.8 Å². The average molecular weight is 284 g/mol. The number of likely N-dealkylation sites (tertiary alicyclic amines) is 1. The molecule has 2 heterocycles. The Balaban J connectivity index is 0.00000133. The van der Waals surface area contributed by atoms with Gasteiger partial charge in [0.2, 0.25) is 0 Å². The Kier molecular flexibility index (Phi) is 4.39. The number of rotatable bonds is 3. The molecule has 3 rings (SSSR count). The lowest BCUT2D eigenvalue weighted by Crippen LogP contribution is -2.25. The highest BCUT2D eigenvalue weighted by Crippen LogP contribution is 2.27. The molecule has 2 aliphatic rings. The van der Waals surface area contributed by atoms with E-state index in [1.165, 1.54) is 0 Å². The zero-order valence-corrected chi connectivity index (χ0v) is 11.4. The number of fused-ring (bicyclic) bond motifs is 1. The van der Waals surface area contributed by atoms with Gasteiger partial charge >= 0.3 is 0 Å². The first kappa shape index (κ1) is 14.2. The van der Waals surface area contributed by atoms with Crippen molar-refractivity contribution in [1.82, 2.24) is 10.2 Å². The summed E-state index contributed by atoms with van der Waals surface area (Å²) in [5, 5.41) is 14.2. The molecule has 0 amide bonds. The number of non-ortho nitro benzene ring substituents is 1. The zero-order valence-electron chi connectivity index (χ0n) is 10.6. The number of nitrogens with zero attached hydrogens (tertiary/aromatic N) is 2. The molecule has 0 spiro atoms. The van der Waals surface area contributed by atoms with Crippen LogP contribution < -0.4 is 5.32 Å². The lowest BCUT2D eigenvalue weighted by atomic mass is 10.0. The second-order valence-corrected chi connectivity index (χ2v) is 5.30. The fourth-order valence-electron chi connectivity index (χ4n) is 3.11. The molecular weight excluding hydrogens is 266 g/mol. The van der Waals surface area contributed by atoms with Crippen molar-refractivity contribution < 1.29 is 4.92 Å². The molecule has 0 aliphatic carbocycles. The molecule has 1 N–H and O–H groups in total. The molecule has 0 unspecified atom stereocenters. The van der Waals surface area contributed by atoms with Crippen LogP contribution in [0.1, 0.15) is 5.56 Å². The van der Waals surface area contributed by atoms with E-state index in [-0.39, 0.29) is 23.0 Å². The summed E-state index contributed by atoms with van der Waals surface area (Å²) in [4.78, 5) is 12.8. The van der Waals surface area contributed by atoms with Crippen molar-refractivity contribution >= 4 is 18.1 Å². The largest absolute Gasteiger partial charge is 0.316 e. The van der Waals surface area contributed by atoms with Gasteiger partial charge < -0.3 is 5.32 Å². The molecule has 104 valence electrons. The Morgan fingerprint density at radius 2 is 2.00 bits per heavy atom. The lowest BCUT2D eigenvalue weighted by molar-refractivity contribution is -0.384. The molecule has 19 heavy (non-hydrogen) atoms. The fraction of sp³-hybridized carbons (Fsp3) is 0.538. The van der Waals surface area contributed by atoms with Gasteiger partial charge in [0.15, 0.2) is 0 Å². The highest BCUT2D eigenvalue weighted by atomic mass is 35.5. The summed E-state index contributed by atoms with van der Waals surface area (Å²) in [5.41, 5.74) is 1.23. The summed E-state index contributed by atoms with van der Waals surface area (Å²) in [7, 11) is 0. The molecule has 0 radical (unpaired) electrons. The SMILES string of the molecule is Cl.O=[N+]([O-])c1cccc(CN2C[C@H]3CNC[C@H]3C2)c1. The first-order valence-corrected chi connectivity index (χ1v) is 6.39. The minimum absolute atomic E-state index is 0. The van der Waals surface area contributed by atoms with E-state index < -0.39 is 0 Å². The van der Waals surface area contributed by atoms with Gasteiger partial charge in [-0.1, -0.05) is 12.1 Å². The molecule has 2 aliphatic heterocycles. The summed E-state index contributed by atoms with van der Waals surface area (Å²) < 4.78 is 0. The third-order valence-corrected chi connectivity index (χ3v) is 3.99. The monoisotopic (exact) mass is 283 g/mol. The van der Waals surface area contributed by atoms with Gasteiger partial charge in [-0.05, 0) is 30.5 Å². The second-order valence-electron chi connectivity index (χ2n) is 5.30. The first-order chi connectivity index (χ1) is 8.72. The van der Waals surface area contributed by atoms with Crippen molar-refractivity contribution in [3.63, 3.8) is 0 Å². The number of nitro benzene ring substituents is 1. The molecule has 0 bridgehead atoms. The van der Waals surface area contributed by atoms with Crippen LogP contribution in [0.15, 0.2) is 24.3 Å². The predicted molar refractivity (Wildman–Crippen MR) is 75.5 cm³/mol. The summed E-state index contributed by atoms with van der Waals surface area (Å²) in [6, 6.07) is 6.98. The van der Waals surface area contributed by atoms with Crippen molar-refractivity contribution in [2.45, 2.75) is 6.54 Å². The second kappa shape index (κ2) is 5.86. The number of benzene rings is 1. The lowest BCUT2D eigenvalue weighted by Gasteiger charge is -2.16. The standard InChI is InChI=1S/C13H17N3O2.ClH/c17-16(18)13-3-1-2-10(4-13)7-15-8-11-5-14-6-12(11)9-15;/h1-4,11-12,14H,5-9H2;1H/t11-,12+;. The molecule has 1 aromatic carbocycles. The summed E-state index contributed by atoms with van der Waals surface area (Å²) in [6.45, 7) is 5.29. The van der Waals surface area contributed by atoms with Gasteiger partial charge in [0.1, 0.15) is 0 Å². The Morgan fingerprint density at radius 1 is 1.32 bits per heavy atom. The summed E-state index contributed by atoms with van der Waals surface area (Å²) in [5.74, 6) is 1.53. The van der Waals surface area contributed by atoms with Crippen LogP contribution in [0.3, 0.4) is 0 Å². The van der Waals surface area contributed by atoms with E-state index in [2.05, 4.69) is 10.2 Å². The smallest absolute Gasteiger partial charge is 0.269 e. The van der Waals surface area contributed by atoms with Crippen LogP contribution in [0, 0.1) is 22.0 Å². The van der Waals surface area contributed by atoms with Crippen LogP contribution in [0.2, 0.25) is 0 Å². The van der Waals surface area contributed by atoms with Crippen LogP contribution >= 0.6 is 12.4 Å². The average Bonchev–Trinajstić information content (AvgIpc) is 2.90. The maximum atomic E-state index is 10.7. The number of halogens is 1. The van der Waals surface area contributed by atoms with Gasteiger partial charge in [0.05, 0.1) is 4.92 Å². The van der Waals surface area contributed by atoms with Gasteiger partial charge in [0.25, 0.3) is 5.69 Å². The number of nitrogens with one attached hydrogen (secondary N) is 1. The maximum Gasteiger partial charge on any atom is 0.269 e. The number of hydrogen-bond acceptors (Lipinski definition) is 4. The molecule has 2 atom stereocenters. The van der Waals surface area contributed by atoms with E-state index >= 15 is 0 Å². The van der Waals surface area contributed by atoms with E-state index in [1.54, 1.807) is 18.2 Å². The Morgan fingerprint density at radius 3 is 2.63 bits per heavy atom. The van der Waals surface area contributed by atoms with Crippen molar-refractivity contribution in [3.8, 4) is 0 Å². The third kappa shape index (κ3) is 3.05. The van der Waals surface area contributed by atoms with E-state index in [0.29, 0.717) is 0 Å². The molecule has 6 heteroatoms. The quantitative estimate of drug-likeness (QED) is 0.677. The van der Waals surface area contributed by atoms with E-state index in [0.717, 1.165) is 50.1 Å². The fourth-order valence-corrected chi connectivity index (χ4v) is 3.11. The van der Waals surface area contributed by atoms with Crippen LogP contribution in [0.4, 0.5) is 5.69 Å². The Hall–Kier alpha value is -1.17. The van der Waals surface area contributed by atoms with Crippen LogP contribution in [-0.4, -0.2) is 36.0 Å². The van der Waals surface area contributed by atoms with E-state index in [1.807, 2.05) is 6.07 Å². The molecule has 0 aromatic heterocycles. The molecular formula is C13H18ClN3O2. The number of nitro groups is 1. The minimum Gasteiger partial charge on any atom is -0.316 e. The molecule has 2 saturated heterocycles. The normalized spacial score (nSPS) is 25.9. The Labute approximate surface area is 118 Å². The van der Waals surface area contributed by atoms with Crippen LogP contribution in [0.25, 0.3) is 0 Å². The topological polar surface area (TPSA) is 58.4 Å². The van der Waals surface area contributed by atoms with Gasteiger partial charge in [-0.3, -0.25) is 15.0 Å². The van der Waals surface area contributed by atoms with Gasteiger partial charge in [0, 0.05) is 31.8 Å². The van der Waals surface area contributed by atoms with Crippen molar-refractivity contribution in [3.05, 3.63) is 39.9 Å². The minimum atomic E-state index is -0.327. The van der Waals surface area contributed by atoms with Crippen molar-refractivity contribution in [1.29, 1.82) is 0 Å². The first-order valence-electron chi connectivity index (χ1n) is 6.39. The Bertz CT molecular complexity index is 457. The van der Waals surface area contributed by atoms with Crippen LogP contribution in [0.5, 0.6) is 0 Å². The highest BCUT2D eigenvalue weighted by molar-refractivity contribution is 5.85. The van der Waals surface area contributed by atoms with Crippen LogP contribution in [-0.2, 0) is 6.54 Å². The van der Waals surface area contributed by atoms with E-state index in [4.69, 9.17) is 0 Å².